The topological polar surface area (TPSA) is 105 Å². The van der Waals surface area contributed by atoms with Gasteiger partial charge in [0.15, 0.2) is 17.2 Å². The Morgan fingerprint density at radius 1 is 1.18 bits per heavy atom. The van der Waals surface area contributed by atoms with E-state index >= 15 is 0 Å². The highest BCUT2D eigenvalue weighted by Crippen LogP contribution is 2.39. The highest BCUT2D eigenvalue weighted by Gasteiger charge is 2.30. The third-order valence-corrected chi connectivity index (χ3v) is 7.75. The standard InChI is InChI=1S/C28H24F2N6O3S/c1-39-18-7-4-16(5-8-18)14-31-25-24(27-32-21(15-40-27)28(37)38)26-33-23(10-12-36(26)34-25)35-11-2-3-22(35)19-13-17(29)6-9-20(19)30/h4-10,12-13,15,22H,2-3,11,14H2,1H3,(H,31,34)(H,37,38). The summed E-state index contributed by atoms with van der Waals surface area (Å²) in [5.74, 6) is -0.264. The number of benzene rings is 2. The first-order chi connectivity index (χ1) is 19.4. The van der Waals surface area contributed by atoms with Crippen molar-refractivity contribution in [2.75, 3.05) is 23.9 Å². The van der Waals surface area contributed by atoms with E-state index in [2.05, 4.69) is 15.4 Å². The second-order valence-corrected chi connectivity index (χ2v) is 10.2. The molecule has 1 aliphatic heterocycles. The van der Waals surface area contributed by atoms with Crippen LogP contribution in [0.2, 0.25) is 0 Å². The van der Waals surface area contributed by atoms with Crippen LogP contribution in [0.1, 0.15) is 40.5 Å². The van der Waals surface area contributed by atoms with Gasteiger partial charge in [-0.3, -0.25) is 0 Å². The van der Waals surface area contributed by atoms with Crippen LogP contribution in [0.15, 0.2) is 60.1 Å². The summed E-state index contributed by atoms with van der Waals surface area (Å²) in [6, 6.07) is 12.5. The van der Waals surface area contributed by atoms with Crippen LogP contribution in [0.5, 0.6) is 5.75 Å². The molecule has 0 radical (unpaired) electrons. The number of aromatic nitrogens is 4. The van der Waals surface area contributed by atoms with Crippen LogP contribution >= 0.6 is 11.3 Å². The Morgan fingerprint density at radius 2 is 2.00 bits per heavy atom. The van der Waals surface area contributed by atoms with Crippen molar-refractivity contribution in [2.45, 2.75) is 25.4 Å². The molecule has 1 fully saturated rings. The van der Waals surface area contributed by atoms with Gasteiger partial charge in [0.05, 0.1) is 18.7 Å². The fourth-order valence-corrected chi connectivity index (χ4v) is 5.78. The number of hydrogen-bond donors (Lipinski definition) is 2. The molecule has 12 heteroatoms. The van der Waals surface area contributed by atoms with Crippen molar-refractivity contribution in [3.63, 3.8) is 0 Å². The molecule has 1 saturated heterocycles. The first-order valence-electron chi connectivity index (χ1n) is 12.6. The second-order valence-electron chi connectivity index (χ2n) is 9.34. The molecule has 0 saturated carbocycles. The highest BCUT2D eigenvalue weighted by atomic mass is 32.1. The van der Waals surface area contributed by atoms with E-state index in [1.165, 1.54) is 22.8 Å². The lowest BCUT2D eigenvalue weighted by atomic mass is 10.0. The van der Waals surface area contributed by atoms with E-state index in [4.69, 9.17) is 9.72 Å². The summed E-state index contributed by atoms with van der Waals surface area (Å²) < 4.78 is 35.5. The SMILES string of the molecule is COc1ccc(CNc2nn3ccc(N4CCCC4c4cc(F)ccc4F)nc3c2-c2nc(C(=O)O)cs2)cc1. The first-order valence-corrected chi connectivity index (χ1v) is 13.5. The van der Waals surface area contributed by atoms with Gasteiger partial charge in [-0.25, -0.2) is 28.1 Å². The smallest absolute Gasteiger partial charge is 0.355 e. The van der Waals surface area contributed by atoms with Gasteiger partial charge < -0.3 is 20.1 Å². The van der Waals surface area contributed by atoms with Crippen LogP contribution in [0, 0.1) is 11.6 Å². The molecule has 0 spiro atoms. The fraction of sp³-hybridized carbons (Fsp3) is 0.214. The van der Waals surface area contributed by atoms with Crippen LogP contribution in [-0.2, 0) is 6.54 Å². The molecule has 0 amide bonds. The Kier molecular flexibility index (Phi) is 6.76. The molecule has 5 aromatic rings. The van der Waals surface area contributed by atoms with Crippen molar-refractivity contribution < 1.29 is 23.4 Å². The maximum atomic E-state index is 14.7. The van der Waals surface area contributed by atoms with Crippen LogP contribution < -0.4 is 15.0 Å². The molecule has 2 N–H and O–H groups in total. The molecule has 1 unspecified atom stereocenters. The third kappa shape index (κ3) is 4.81. The van der Waals surface area contributed by atoms with E-state index < -0.39 is 17.6 Å². The predicted octanol–water partition coefficient (Wildman–Crippen LogP) is 5.79. The van der Waals surface area contributed by atoms with Crippen molar-refractivity contribution in [1.82, 2.24) is 19.6 Å². The van der Waals surface area contributed by atoms with Crippen molar-refractivity contribution in [3.05, 3.63) is 88.6 Å². The maximum absolute atomic E-state index is 14.7. The number of nitrogens with zero attached hydrogens (tertiary/aromatic N) is 5. The molecule has 6 rings (SSSR count). The normalized spacial score (nSPS) is 15.1. The summed E-state index contributed by atoms with van der Waals surface area (Å²) in [4.78, 5) is 22.7. The van der Waals surface area contributed by atoms with Crippen molar-refractivity contribution in [1.29, 1.82) is 0 Å². The van der Waals surface area contributed by atoms with Gasteiger partial charge in [0.2, 0.25) is 0 Å². The number of methoxy groups -OCH3 is 1. The summed E-state index contributed by atoms with van der Waals surface area (Å²) in [5, 5.41) is 19.4. The first kappa shape index (κ1) is 25.7. The average molecular weight is 563 g/mol. The lowest BCUT2D eigenvalue weighted by Gasteiger charge is -2.26. The van der Waals surface area contributed by atoms with Gasteiger partial charge in [0.25, 0.3) is 0 Å². The maximum Gasteiger partial charge on any atom is 0.355 e. The number of carboxylic acid groups (broad SMARTS) is 1. The highest BCUT2D eigenvalue weighted by molar-refractivity contribution is 7.13. The van der Waals surface area contributed by atoms with Gasteiger partial charge in [-0.1, -0.05) is 12.1 Å². The zero-order chi connectivity index (χ0) is 27.8. The Hall–Kier alpha value is -4.58. The second kappa shape index (κ2) is 10.5. The molecule has 4 heterocycles. The number of nitrogens with one attached hydrogen (secondary N) is 1. The van der Waals surface area contributed by atoms with E-state index in [9.17, 15) is 18.7 Å². The minimum Gasteiger partial charge on any atom is -0.497 e. The number of ether oxygens (including phenoxy) is 1. The predicted molar refractivity (Wildman–Crippen MR) is 147 cm³/mol. The molecule has 1 aliphatic rings. The van der Waals surface area contributed by atoms with Crippen molar-refractivity contribution in [2.24, 2.45) is 0 Å². The number of hydrogen-bond acceptors (Lipinski definition) is 8. The number of aromatic carboxylic acids is 1. The Labute approximate surface area is 231 Å². The molecule has 9 nitrogen and oxygen atoms in total. The number of fused-ring (bicyclic) bond motifs is 1. The summed E-state index contributed by atoms with van der Waals surface area (Å²) in [7, 11) is 1.61. The molecule has 3 aromatic heterocycles. The lowest BCUT2D eigenvalue weighted by molar-refractivity contribution is 0.0691. The van der Waals surface area contributed by atoms with Crippen molar-refractivity contribution in [3.8, 4) is 16.3 Å². The molecular formula is C28H24F2N6O3S. The van der Waals surface area contributed by atoms with E-state index in [-0.39, 0.29) is 11.7 Å². The largest absolute Gasteiger partial charge is 0.497 e. The minimum atomic E-state index is -1.13. The number of anilines is 2. The van der Waals surface area contributed by atoms with Gasteiger partial charge in [0.1, 0.15) is 28.2 Å². The van der Waals surface area contributed by atoms with Gasteiger partial charge in [-0.15, -0.1) is 16.4 Å². The van der Waals surface area contributed by atoms with Crippen LogP contribution in [0.4, 0.5) is 20.4 Å². The quantitative estimate of drug-likeness (QED) is 0.245. The van der Waals surface area contributed by atoms with Crippen LogP contribution in [0.25, 0.3) is 16.2 Å². The van der Waals surface area contributed by atoms with Gasteiger partial charge >= 0.3 is 5.97 Å². The lowest BCUT2D eigenvalue weighted by Crippen LogP contribution is -2.24. The number of halogens is 2. The Bertz CT molecular complexity index is 1700. The zero-order valence-corrected chi connectivity index (χ0v) is 22.2. The molecule has 40 heavy (non-hydrogen) atoms. The number of rotatable bonds is 8. The van der Waals surface area contributed by atoms with Crippen LogP contribution in [-0.4, -0.2) is 44.3 Å². The zero-order valence-electron chi connectivity index (χ0n) is 21.3. The number of carboxylic acids is 1. The van der Waals surface area contributed by atoms with E-state index in [1.54, 1.807) is 23.9 Å². The summed E-state index contributed by atoms with van der Waals surface area (Å²) >= 11 is 1.18. The monoisotopic (exact) mass is 562 g/mol. The number of carbonyl (C=O) groups is 1. The Balaban J connectivity index is 1.40. The molecule has 0 aliphatic carbocycles. The van der Waals surface area contributed by atoms with Gasteiger partial charge in [-0.2, -0.15) is 0 Å². The molecule has 204 valence electrons. The third-order valence-electron chi connectivity index (χ3n) is 6.89. The molecule has 0 bridgehead atoms. The molecular weight excluding hydrogens is 538 g/mol. The molecule has 2 aromatic carbocycles. The van der Waals surface area contributed by atoms with Crippen LogP contribution in [0.3, 0.4) is 0 Å². The van der Waals surface area contributed by atoms with E-state index in [0.717, 1.165) is 29.9 Å². The molecule has 1 atom stereocenters. The van der Waals surface area contributed by atoms with Gasteiger partial charge in [-0.05, 0) is 54.8 Å². The van der Waals surface area contributed by atoms with E-state index in [1.807, 2.05) is 29.2 Å². The van der Waals surface area contributed by atoms with Crippen molar-refractivity contribution >= 4 is 34.6 Å². The summed E-state index contributed by atoms with van der Waals surface area (Å²) in [6.07, 6.45) is 3.20. The fourth-order valence-electron chi connectivity index (χ4n) is 4.95. The summed E-state index contributed by atoms with van der Waals surface area (Å²) in [6.45, 7) is 1.06. The number of thiazole rings is 1. The van der Waals surface area contributed by atoms with E-state index in [0.29, 0.717) is 52.9 Å². The minimum absolute atomic E-state index is 0.0715. The Morgan fingerprint density at radius 3 is 2.75 bits per heavy atom. The average Bonchev–Trinajstić information content (AvgIpc) is 3.71. The summed E-state index contributed by atoms with van der Waals surface area (Å²) in [5.41, 5.74) is 2.23. The van der Waals surface area contributed by atoms with Gasteiger partial charge in [0, 0.05) is 30.2 Å².